The molecule has 0 N–H and O–H groups in total. The number of hydrogen-bond acceptors (Lipinski definition) is 1. The van der Waals surface area contributed by atoms with Crippen LogP contribution in [-0.4, -0.2) is 0 Å². The minimum absolute atomic E-state index is 0. The molecular formula is C30H29ClNP. The standard InChI is InChI=1S/C30H29NP.ClH/c1-25(23-31)17-18-26-19-21-27(22-20-26)24-32(28-11-5-2-6-12-28,29-13-7-3-8-14-29)30-15-9-4-10-16-30;/h2-16,19-22,25H,17-18,24H2,1H3;1H/q+1;/p-1. The molecule has 0 aliphatic carbocycles. The molecule has 3 heteroatoms. The molecule has 0 aliphatic rings. The molecule has 0 saturated carbocycles. The fraction of sp³-hybridized carbons (Fsp3) is 0.167. The highest BCUT2D eigenvalue weighted by Crippen LogP contribution is 2.58. The zero-order valence-corrected chi connectivity index (χ0v) is 20.6. The van der Waals surface area contributed by atoms with Gasteiger partial charge in [-0.2, -0.15) is 5.26 Å². The Morgan fingerprint density at radius 1 is 0.636 bits per heavy atom. The summed E-state index contributed by atoms with van der Waals surface area (Å²) in [7, 11) is -1.87. The number of rotatable bonds is 8. The van der Waals surface area contributed by atoms with Crippen molar-refractivity contribution >= 4 is 23.2 Å². The van der Waals surface area contributed by atoms with E-state index in [0.717, 1.165) is 19.0 Å². The van der Waals surface area contributed by atoms with Gasteiger partial charge in [0.15, 0.2) is 0 Å². The quantitative estimate of drug-likeness (QED) is 0.363. The van der Waals surface area contributed by atoms with E-state index in [0.29, 0.717) is 0 Å². The lowest BCUT2D eigenvalue weighted by atomic mass is 10.0. The number of halogens is 1. The summed E-state index contributed by atoms with van der Waals surface area (Å²) in [5.41, 5.74) is 2.66. The van der Waals surface area contributed by atoms with Crippen molar-refractivity contribution in [2.75, 3.05) is 0 Å². The summed E-state index contributed by atoms with van der Waals surface area (Å²) >= 11 is 0. The maximum Gasteiger partial charge on any atom is 0.116 e. The second kappa shape index (κ2) is 11.8. The van der Waals surface area contributed by atoms with Crippen molar-refractivity contribution < 1.29 is 12.4 Å². The Balaban J connectivity index is 0.00000306. The topological polar surface area (TPSA) is 23.8 Å². The first-order chi connectivity index (χ1) is 15.7. The van der Waals surface area contributed by atoms with Crippen LogP contribution in [0.2, 0.25) is 0 Å². The predicted octanol–water partition coefficient (Wildman–Crippen LogP) is 3.28. The van der Waals surface area contributed by atoms with Crippen molar-refractivity contribution in [3.8, 4) is 6.07 Å². The first-order valence-corrected chi connectivity index (χ1v) is 13.2. The fourth-order valence-electron chi connectivity index (χ4n) is 4.30. The van der Waals surface area contributed by atoms with Crippen LogP contribution in [0.1, 0.15) is 24.5 Å². The number of nitrogens with zero attached hydrogens (tertiary/aromatic N) is 1. The minimum atomic E-state index is -1.87. The largest absolute Gasteiger partial charge is 1.00 e. The smallest absolute Gasteiger partial charge is 0.116 e. The second-order valence-electron chi connectivity index (χ2n) is 8.36. The Morgan fingerprint density at radius 3 is 1.42 bits per heavy atom. The van der Waals surface area contributed by atoms with Crippen LogP contribution >= 0.6 is 7.26 Å². The molecule has 0 aliphatic heterocycles. The summed E-state index contributed by atoms with van der Waals surface area (Å²) in [5, 5.41) is 13.3. The lowest BCUT2D eigenvalue weighted by Crippen LogP contribution is -3.00. The summed E-state index contributed by atoms with van der Waals surface area (Å²) in [4.78, 5) is 0. The van der Waals surface area contributed by atoms with Gasteiger partial charge in [0, 0.05) is 5.92 Å². The number of hydrogen-bond donors (Lipinski definition) is 0. The van der Waals surface area contributed by atoms with Gasteiger partial charge >= 0.3 is 0 Å². The van der Waals surface area contributed by atoms with E-state index in [1.54, 1.807) is 0 Å². The lowest BCUT2D eigenvalue weighted by molar-refractivity contribution is -0.00000660. The summed E-state index contributed by atoms with van der Waals surface area (Å²) in [6.45, 7) is 1.99. The zero-order chi connectivity index (χ0) is 22.2. The van der Waals surface area contributed by atoms with Gasteiger partial charge in [-0.05, 0) is 67.3 Å². The van der Waals surface area contributed by atoms with Crippen LogP contribution in [-0.2, 0) is 12.6 Å². The van der Waals surface area contributed by atoms with Crippen LogP contribution in [0.25, 0.3) is 0 Å². The van der Waals surface area contributed by atoms with Crippen molar-refractivity contribution in [1.29, 1.82) is 5.26 Å². The van der Waals surface area contributed by atoms with Gasteiger partial charge in [0.25, 0.3) is 0 Å². The van der Waals surface area contributed by atoms with Gasteiger partial charge in [-0.15, -0.1) is 0 Å². The molecule has 0 radical (unpaired) electrons. The third-order valence-corrected chi connectivity index (χ3v) is 10.5. The van der Waals surface area contributed by atoms with Crippen LogP contribution in [0.5, 0.6) is 0 Å². The first-order valence-electron chi connectivity index (χ1n) is 11.2. The van der Waals surface area contributed by atoms with Crippen LogP contribution < -0.4 is 28.3 Å². The third-order valence-electron chi connectivity index (χ3n) is 6.12. The van der Waals surface area contributed by atoms with E-state index >= 15 is 0 Å². The molecule has 1 nitrogen and oxygen atoms in total. The Hall–Kier alpha value is -2.91. The molecule has 0 heterocycles. The summed E-state index contributed by atoms with van der Waals surface area (Å²) in [6, 6.07) is 44.5. The van der Waals surface area contributed by atoms with Gasteiger partial charge in [-0.3, -0.25) is 0 Å². The van der Waals surface area contributed by atoms with Crippen LogP contribution in [0.4, 0.5) is 0 Å². The Morgan fingerprint density at radius 2 is 1.03 bits per heavy atom. The predicted molar refractivity (Wildman–Crippen MR) is 138 cm³/mol. The van der Waals surface area contributed by atoms with Crippen molar-refractivity contribution in [3.63, 3.8) is 0 Å². The van der Waals surface area contributed by atoms with E-state index in [1.807, 2.05) is 6.92 Å². The molecule has 1 atom stereocenters. The first kappa shape index (κ1) is 24.7. The van der Waals surface area contributed by atoms with Gasteiger partial charge in [0.2, 0.25) is 0 Å². The highest BCUT2D eigenvalue weighted by molar-refractivity contribution is 7.95. The van der Waals surface area contributed by atoms with E-state index in [-0.39, 0.29) is 18.3 Å². The molecule has 0 aromatic heterocycles. The molecule has 0 spiro atoms. The molecule has 4 aromatic rings. The van der Waals surface area contributed by atoms with Gasteiger partial charge in [-0.25, -0.2) is 0 Å². The Kier molecular flexibility index (Phi) is 8.85. The fourth-order valence-corrected chi connectivity index (χ4v) is 8.55. The average molecular weight is 470 g/mol. The molecule has 0 amide bonds. The molecule has 0 bridgehead atoms. The Bertz CT molecular complexity index is 1060. The zero-order valence-electron chi connectivity index (χ0n) is 18.9. The van der Waals surface area contributed by atoms with E-state index in [9.17, 15) is 0 Å². The van der Waals surface area contributed by atoms with Gasteiger partial charge in [0.05, 0.1) is 12.2 Å². The van der Waals surface area contributed by atoms with Crippen molar-refractivity contribution in [3.05, 3.63) is 126 Å². The van der Waals surface area contributed by atoms with Crippen molar-refractivity contribution in [1.82, 2.24) is 0 Å². The lowest BCUT2D eigenvalue weighted by Gasteiger charge is -2.28. The summed E-state index contributed by atoms with van der Waals surface area (Å²) < 4.78 is 0. The SMILES string of the molecule is CC(C#N)CCc1ccc(C[P+](c2ccccc2)(c2ccccc2)c2ccccc2)cc1.[Cl-]. The van der Waals surface area contributed by atoms with Crippen LogP contribution in [0.3, 0.4) is 0 Å². The Labute approximate surface area is 204 Å². The molecular weight excluding hydrogens is 441 g/mol. The molecule has 4 aromatic carbocycles. The minimum Gasteiger partial charge on any atom is -1.00 e. The van der Waals surface area contributed by atoms with Crippen LogP contribution in [0.15, 0.2) is 115 Å². The molecule has 1 unspecified atom stereocenters. The van der Waals surface area contributed by atoms with Gasteiger partial charge < -0.3 is 12.4 Å². The number of nitriles is 1. The van der Waals surface area contributed by atoms with Gasteiger partial charge in [0.1, 0.15) is 23.2 Å². The average Bonchev–Trinajstić information content (AvgIpc) is 2.88. The van der Waals surface area contributed by atoms with Crippen molar-refractivity contribution in [2.24, 2.45) is 5.92 Å². The molecule has 4 rings (SSSR count). The maximum atomic E-state index is 9.06. The molecule has 0 saturated heterocycles. The van der Waals surface area contributed by atoms with E-state index in [2.05, 4.69) is 121 Å². The molecule has 166 valence electrons. The molecule has 0 fully saturated rings. The van der Waals surface area contributed by atoms with E-state index in [4.69, 9.17) is 5.26 Å². The number of aryl methyl sites for hydroxylation is 1. The third kappa shape index (κ3) is 5.72. The van der Waals surface area contributed by atoms with Crippen LogP contribution in [0, 0.1) is 17.2 Å². The number of benzene rings is 4. The molecule has 33 heavy (non-hydrogen) atoms. The highest BCUT2D eigenvalue weighted by Gasteiger charge is 2.45. The monoisotopic (exact) mass is 469 g/mol. The van der Waals surface area contributed by atoms with Gasteiger partial charge in [-0.1, -0.05) is 78.9 Å². The van der Waals surface area contributed by atoms with E-state index in [1.165, 1.54) is 27.0 Å². The maximum absolute atomic E-state index is 9.06. The highest BCUT2D eigenvalue weighted by atomic mass is 35.5. The van der Waals surface area contributed by atoms with Crippen molar-refractivity contribution in [2.45, 2.75) is 25.9 Å². The summed E-state index contributed by atoms with van der Waals surface area (Å²) in [5.74, 6) is 0.0995. The van der Waals surface area contributed by atoms with E-state index < -0.39 is 7.26 Å². The normalized spacial score (nSPS) is 11.8. The summed E-state index contributed by atoms with van der Waals surface area (Å²) in [6.07, 6.45) is 2.84. The second-order valence-corrected chi connectivity index (χ2v) is 11.8.